The van der Waals surface area contributed by atoms with Gasteiger partial charge in [0.05, 0.1) is 56.9 Å². The molecule has 0 aromatic heterocycles. The van der Waals surface area contributed by atoms with Crippen molar-refractivity contribution in [3.8, 4) is 6.07 Å². The molecular formula is C27H43N3O7. The molecule has 0 aromatic rings. The number of carbonyl (C=O) groups is 2. The minimum Gasteiger partial charge on any atom is -0.444 e. The smallest absolute Gasteiger partial charge is 0.411 e. The summed E-state index contributed by atoms with van der Waals surface area (Å²) in [6, 6.07) is 1.77. The molecule has 10 nitrogen and oxygen atoms in total. The van der Waals surface area contributed by atoms with E-state index in [9.17, 15) is 14.9 Å². The van der Waals surface area contributed by atoms with Crippen LogP contribution in [0.1, 0.15) is 65.7 Å². The molecule has 0 spiro atoms. The monoisotopic (exact) mass is 521 g/mol. The number of ether oxygens (including phenoxy) is 4. The van der Waals surface area contributed by atoms with Gasteiger partial charge in [-0.25, -0.2) is 4.79 Å². The quantitative estimate of drug-likeness (QED) is 0.389. The van der Waals surface area contributed by atoms with Crippen LogP contribution in [0.15, 0.2) is 0 Å². The van der Waals surface area contributed by atoms with E-state index in [0.29, 0.717) is 64.3 Å². The van der Waals surface area contributed by atoms with Crippen LogP contribution in [0.2, 0.25) is 0 Å². The third-order valence-electron chi connectivity index (χ3n) is 8.19. The summed E-state index contributed by atoms with van der Waals surface area (Å²) in [7, 11) is 0. The highest BCUT2D eigenvalue weighted by Gasteiger charge is 2.62. The number of amides is 2. The molecule has 10 heteroatoms. The van der Waals surface area contributed by atoms with Crippen molar-refractivity contribution in [2.45, 2.75) is 88.5 Å². The van der Waals surface area contributed by atoms with Gasteiger partial charge in [-0.05, 0) is 77.6 Å². The van der Waals surface area contributed by atoms with Crippen molar-refractivity contribution in [1.82, 2.24) is 9.80 Å². The van der Waals surface area contributed by atoms with Gasteiger partial charge in [0.25, 0.3) is 0 Å². The van der Waals surface area contributed by atoms with Crippen molar-refractivity contribution in [3.05, 3.63) is 0 Å². The SMILES string of the molecule is CC(C)(C)OC(=O)N(CC(=O)N1CC[C@H]1C#N)C12CC3C[C@H](CC(OCCOCCOCCO)(C3)C1)C2. The van der Waals surface area contributed by atoms with Gasteiger partial charge in [-0.2, -0.15) is 5.26 Å². The van der Waals surface area contributed by atoms with E-state index in [1.165, 1.54) is 0 Å². The topological polar surface area (TPSA) is 122 Å². The molecule has 0 aromatic carbocycles. The van der Waals surface area contributed by atoms with Crippen molar-refractivity contribution in [3.63, 3.8) is 0 Å². The molecule has 1 saturated heterocycles. The second-order valence-corrected chi connectivity index (χ2v) is 12.3. The molecule has 5 aliphatic rings. The first-order chi connectivity index (χ1) is 17.6. The van der Waals surface area contributed by atoms with Crippen molar-refractivity contribution < 1.29 is 33.6 Å². The molecule has 5 atom stereocenters. The molecule has 2 amide bonds. The zero-order valence-corrected chi connectivity index (χ0v) is 22.6. The number of carbonyl (C=O) groups excluding carboxylic acids is 2. The van der Waals surface area contributed by atoms with Crippen LogP contribution in [0.5, 0.6) is 0 Å². The zero-order chi connectivity index (χ0) is 26.7. The summed E-state index contributed by atoms with van der Waals surface area (Å²) >= 11 is 0. The van der Waals surface area contributed by atoms with E-state index < -0.39 is 23.3 Å². The van der Waals surface area contributed by atoms with Crippen LogP contribution in [-0.2, 0) is 23.7 Å². The Labute approximate surface area is 220 Å². The van der Waals surface area contributed by atoms with Gasteiger partial charge in [-0.15, -0.1) is 0 Å². The second-order valence-electron chi connectivity index (χ2n) is 12.3. The van der Waals surface area contributed by atoms with Crippen LogP contribution < -0.4 is 0 Å². The summed E-state index contributed by atoms with van der Waals surface area (Å²) in [5.41, 5.74) is -1.51. The Hall–Kier alpha value is -1.93. The maximum atomic E-state index is 13.6. The number of nitriles is 1. The summed E-state index contributed by atoms with van der Waals surface area (Å²) in [5.74, 6) is 0.682. The van der Waals surface area contributed by atoms with Gasteiger partial charge in [-0.3, -0.25) is 9.69 Å². The fourth-order valence-corrected chi connectivity index (χ4v) is 7.11. The maximum absolute atomic E-state index is 13.6. The number of aliphatic hydroxyl groups is 1. The van der Waals surface area contributed by atoms with E-state index in [-0.39, 0.29) is 24.7 Å². The molecule has 1 N–H and O–H groups in total. The first-order valence-electron chi connectivity index (χ1n) is 13.7. The van der Waals surface area contributed by atoms with Crippen LogP contribution in [0.25, 0.3) is 0 Å². The molecular weight excluding hydrogens is 478 g/mol. The maximum Gasteiger partial charge on any atom is 0.411 e. The lowest BCUT2D eigenvalue weighted by Crippen LogP contribution is -2.69. The lowest BCUT2D eigenvalue weighted by molar-refractivity contribution is -0.202. The average molecular weight is 522 g/mol. The van der Waals surface area contributed by atoms with Gasteiger partial charge < -0.3 is 29.0 Å². The number of likely N-dealkylation sites (tertiary alicyclic amines) is 1. The van der Waals surface area contributed by atoms with Gasteiger partial charge in [0.1, 0.15) is 18.2 Å². The zero-order valence-electron chi connectivity index (χ0n) is 22.6. The van der Waals surface area contributed by atoms with E-state index in [0.717, 1.165) is 32.1 Å². The number of rotatable bonds is 12. The summed E-state index contributed by atoms with van der Waals surface area (Å²) in [5, 5.41) is 18.1. The molecule has 0 radical (unpaired) electrons. The molecule has 5 fully saturated rings. The molecule has 5 rings (SSSR count). The van der Waals surface area contributed by atoms with Crippen molar-refractivity contribution in [2.75, 3.05) is 52.7 Å². The third kappa shape index (κ3) is 6.56. The summed E-state index contributed by atoms with van der Waals surface area (Å²) in [6.07, 6.45) is 5.65. The Morgan fingerprint density at radius 2 is 1.70 bits per heavy atom. The fourth-order valence-electron chi connectivity index (χ4n) is 7.11. The lowest BCUT2D eigenvalue weighted by atomic mass is 9.50. The number of nitrogens with zero attached hydrogens (tertiary/aromatic N) is 3. The molecule has 1 heterocycles. The Morgan fingerprint density at radius 1 is 1.05 bits per heavy atom. The predicted molar refractivity (Wildman–Crippen MR) is 133 cm³/mol. The van der Waals surface area contributed by atoms with Crippen molar-refractivity contribution in [2.24, 2.45) is 11.8 Å². The highest BCUT2D eigenvalue weighted by Crippen LogP contribution is 2.61. The standard InChI is InChI=1S/C27H43N3O7/c1-25(2,3)37-24(33)30(18-23(32)29-5-4-22(29)17-28)26-13-20-12-21(14-26)16-27(15-20,19-26)36-11-10-35-9-8-34-7-6-31/h20-22,31H,4-16,18-19H2,1-3H3/t20-,21?,22-,26?,27?/m0/s1. The van der Waals surface area contributed by atoms with Gasteiger partial charge in [-0.1, -0.05) is 0 Å². The Morgan fingerprint density at radius 3 is 2.27 bits per heavy atom. The lowest BCUT2D eigenvalue weighted by Gasteiger charge is -2.64. The Balaban J connectivity index is 1.45. The first-order valence-corrected chi connectivity index (χ1v) is 13.7. The summed E-state index contributed by atoms with van der Waals surface area (Å²) in [4.78, 5) is 30.1. The van der Waals surface area contributed by atoms with Gasteiger partial charge >= 0.3 is 6.09 Å². The molecule has 4 aliphatic carbocycles. The fraction of sp³-hybridized carbons (Fsp3) is 0.889. The highest BCUT2D eigenvalue weighted by molar-refractivity contribution is 5.84. The number of hydrogen-bond acceptors (Lipinski definition) is 8. The van der Waals surface area contributed by atoms with Crippen LogP contribution in [0, 0.1) is 23.2 Å². The molecule has 208 valence electrons. The summed E-state index contributed by atoms with van der Waals surface area (Å²) in [6.45, 7) is 8.08. The average Bonchev–Trinajstić information content (AvgIpc) is 2.76. The van der Waals surface area contributed by atoms with E-state index in [1.807, 2.05) is 20.8 Å². The number of aliphatic hydroxyl groups excluding tert-OH is 1. The van der Waals surface area contributed by atoms with Crippen LogP contribution in [-0.4, -0.2) is 102 Å². The largest absolute Gasteiger partial charge is 0.444 e. The first kappa shape index (κ1) is 28.1. The summed E-state index contributed by atoms with van der Waals surface area (Å²) < 4.78 is 23.2. The van der Waals surface area contributed by atoms with E-state index in [1.54, 1.807) is 9.80 Å². The minimum absolute atomic E-state index is 0.00143. The molecule has 4 bridgehead atoms. The van der Waals surface area contributed by atoms with E-state index >= 15 is 0 Å². The van der Waals surface area contributed by atoms with E-state index in [2.05, 4.69) is 6.07 Å². The predicted octanol–water partition coefficient (Wildman–Crippen LogP) is 2.48. The van der Waals surface area contributed by atoms with Crippen molar-refractivity contribution >= 4 is 12.0 Å². The normalized spacial score (nSPS) is 32.1. The molecule has 1 aliphatic heterocycles. The Kier molecular flexibility index (Phi) is 8.68. The van der Waals surface area contributed by atoms with Crippen molar-refractivity contribution in [1.29, 1.82) is 5.26 Å². The molecule has 3 unspecified atom stereocenters. The van der Waals surface area contributed by atoms with E-state index in [4.69, 9.17) is 24.1 Å². The van der Waals surface area contributed by atoms with Crippen LogP contribution in [0.3, 0.4) is 0 Å². The highest BCUT2D eigenvalue weighted by atomic mass is 16.6. The minimum atomic E-state index is -0.682. The van der Waals surface area contributed by atoms with Gasteiger partial charge in [0.2, 0.25) is 5.91 Å². The Bertz CT molecular complexity index is 853. The van der Waals surface area contributed by atoms with Crippen LogP contribution in [0.4, 0.5) is 4.79 Å². The molecule has 4 saturated carbocycles. The van der Waals surface area contributed by atoms with Gasteiger partial charge in [0.15, 0.2) is 0 Å². The second kappa shape index (κ2) is 11.4. The third-order valence-corrected chi connectivity index (χ3v) is 8.19. The van der Waals surface area contributed by atoms with Crippen LogP contribution >= 0.6 is 0 Å². The van der Waals surface area contributed by atoms with Gasteiger partial charge in [0, 0.05) is 6.54 Å². The number of hydrogen-bond donors (Lipinski definition) is 1. The molecule has 37 heavy (non-hydrogen) atoms.